The van der Waals surface area contributed by atoms with Crippen LogP contribution in [0.25, 0.3) is 6.08 Å². The minimum atomic E-state index is 1.06. The first-order valence-corrected chi connectivity index (χ1v) is 3.19. The van der Waals surface area contributed by atoms with Crippen LogP contribution in [0.3, 0.4) is 0 Å². The molecular formula is C8H10N2. The lowest BCUT2D eigenvalue weighted by Crippen LogP contribution is -1.78. The molecule has 0 N–H and O–H groups in total. The normalized spacial score (nSPS) is 9.00. The van der Waals surface area contributed by atoms with Gasteiger partial charge < -0.3 is 0 Å². The maximum Gasteiger partial charge on any atom is 0.115 e. The molecule has 0 aliphatic carbocycles. The van der Waals surface area contributed by atoms with Crippen molar-refractivity contribution in [2.24, 2.45) is 0 Å². The summed E-state index contributed by atoms with van der Waals surface area (Å²) in [5, 5.41) is 0. The standard InChI is InChI=1S/C8H10N2/c1-7(2)3-8-4-9-6-10-5-8/h3-6H,1-2H3. The molecule has 0 saturated carbocycles. The molecule has 0 radical (unpaired) electrons. The molecule has 0 saturated heterocycles. The van der Waals surface area contributed by atoms with Gasteiger partial charge in [0.25, 0.3) is 0 Å². The topological polar surface area (TPSA) is 25.8 Å². The Labute approximate surface area is 60.6 Å². The molecule has 1 aromatic heterocycles. The fourth-order valence-electron chi connectivity index (χ4n) is 0.718. The van der Waals surface area contributed by atoms with Gasteiger partial charge in [0.2, 0.25) is 0 Å². The van der Waals surface area contributed by atoms with Crippen LogP contribution in [0.1, 0.15) is 19.4 Å². The number of hydrogen-bond donors (Lipinski definition) is 0. The number of hydrogen-bond acceptors (Lipinski definition) is 2. The van der Waals surface area contributed by atoms with Crippen molar-refractivity contribution in [3.8, 4) is 0 Å². The lowest BCUT2D eigenvalue weighted by molar-refractivity contribution is 1.16. The Balaban J connectivity index is 2.87. The molecule has 10 heavy (non-hydrogen) atoms. The summed E-state index contributed by atoms with van der Waals surface area (Å²) in [6.07, 6.45) is 7.16. The van der Waals surface area contributed by atoms with Crippen molar-refractivity contribution in [2.75, 3.05) is 0 Å². The Morgan fingerprint density at radius 1 is 1.30 bits per heavy atom. The number of aromatic nitrogens is 2. The summed E-state index contributed by atoms with van der Waals surface area (Å²) in [5.41, 5.74) is 2.32. The molecule has 0 amide bonds. The van der Waals surface area contributed by atoms with E-state index in [-0.39, 0.29) is 0 Å². The zero-order valence-electron chi connectivity index (χ0n) is 6.20. The van der Waals surface area contributed by atoms with Crippen molar-refractivity contribution >= 4 is 6.08 Å². The van der Waals surface area contributed by atoms with Crippen molar-refractivity contribution in [2.45, 2.75) is 13.8 Å². The van der Waals surface area contributed by atoms with Gasteiger partial charge in [-0.1, -0.05) is 11.6 Å². The summed E-state index contributed by atoms with van der Waals surface area (Å²) >= 11 is 0. The highest BCUT2D eigenvalue weighted by atomic mass is 14.8. The number of rotatable bonds is 1. The van der Waals surface area contributed by atoms with Gasteiger partial charge in [0.1, 0.15) is 6.33 Å². The molecule has 52 valence electrons. The second kappa shape index (κ2) is 3.11. The molecule has 0 aliphatic heterocycles. The highest BCUT2D eigenvalue weighted by molar-refractivity contribution is 5.48. The van der Waals surface area contributed by atoms with Crippen molar-refractivity contribution in [3.63, 3.8) is 0 Å². The van der Waals surface area contributed by atoms with Crippen LogP contribution in [0.4, 0.5) is 0 Å². The number of nitrogens with zero attached hydrogens (tertiary/aromatic N) is 2. The Morgan fingerprint density at radius 2 is 1.90 bits per heavy atom. The Kier molecular flexibility index (Phi) is 2.15. The molecular weight excluding hydrogens is 124 g/mol. The monoisotopic (exact) mass is 134 g/mol. The third-order valence-electron chi connectivity index (χ3n) is 1.04. The minimum Gasteiger partial charge on any atom is -0.244 e. The predicted octanol–water partition coefficient (Wildman–Crippen LogP) is 1.90. The second-order valence-electron chi connectivity index (χ2n) is 2.39. The lowest BCUT2D eigenvalue weighted by atomic mass is 10.2. The van der Waals surface area contributed by atoms with Gasteiger partial charge in [0.15, 0.2) is 0 Å². The van der Waals surface area contributed by atoms with E-state index < -0.39 is 0 Å². The zero-order valence-corrected chi connectivity index (χ0v) is 6.20. The minimum absolute atomic E-state index is 1.06. The van der Waals surface area contributed by atoms with Crippen LogP contribution in [0.2, 0.25) is 0 Å². The summed E-state index contributed by atoms with van der Waals surface area (Å²) < 4.78 is 0. The maximum atomic E-state index is 3.88. The molecule has 1 heterocycles. The third-order valence-corrected chi connectivity index (χ3v) is 1.04. The van der Waals surface area contributed by atoms with E-state index in [0.717, 1.165) is 5.56 Å². The van der Waals surface area contributed by atoms with Gasteiger partial charge in [0, 0.05) is 18.0 Å². The average molecular weight is 134 g/mol. The predicted molar refractivity (Wildman–Crippen MR) is 41.4 cm³/mol. The highest BCUT2D eigenvalue weighted by Crippen LogP contribution is 2.00. The van der Waals surface area contributed by atoms with Gasteiger partial charge in [-0.3, -0.25) is 0 Å². The van der Waals surface area contributed by atoms with Crippen LogP contribution in [-0.2, 0) is 0 Å². The molecule has 0 aliphatic rings. The molecule has 2 heteroatoms. The van der Waals surface area contributed by atoms with E-state index in [9.17, 15) is 0 Å². The average Bonchev–Trinajstić information content (AvgIpc) is 1.88. The van der Waals surface area contributed by atoms with Crippen LogP contribution in [-0.4, -0.2) is 9.97 Å². The molecule has 0 aromatic carbocycles. The first-order valence-electron chi connectivity index (χ1n) is 3.19. The molecule has 1 rings (SSSR count). The van der Waals surface area contributed by atoms with Gasteiger partial charge in [0.05, 0.1) is 0 Å². The fraction of sp³-hybridized carbons (Fsp3) is 0.250. The van der Waals surface area contributed by atoms with Crippen LogP contribution in [0.5, 0.6) is 0 Å². The molecule has 0 unspecified atom stereocenters. The van der Waals surface area contributed by atoms with E-state index in [1.807, 2.05) is 19.9 Å². The summed E-state index contributed by atoms with van der Waals surface area (Å²) in [4.78, 5) is 7.76. The lowest BCUT2D eigenvalue weighted by Gasteiger charge is -1.90. The van der Waals surface area contributed by atoms with Crippen molar-refractivity contribution < 1.29 is 0 Å². The Bertz CT molecular complexity index is 222. The second-order valence-corrected chi connectivity index (χ2v) is 2.39. The van der Waals surface area contributed by atoms with Crippen LogP contribution in [0.15, 0.2) is 24.3 Å². The van der Waals surface area contributed by atoms with Gasteiger partial charge in [-0.15, -0.1) is 0 Å². The Morgan fingerprint density at radius 3 is 2.40 bits per heavy atom. The van der Waals surface area contributed by atoms with Gasteiger partial charge >= 0.3 is 0 Å². The van der Waals surface area contributed by atoms with E-state index in [4.69, 9.17) is 0 Å². The summed E-state index contributed by atoms with van der Waals surface area (Å²) in [5.74, 6) is 0. The van der Waals surface area contributed by atoms with Gasteiger partial charge in [-0.2, -0.15) is 0 Å². The summed E-state index contributed by atoms with van der Waals surface area (Å²) in [6.45, 7) is 4.10. The smallest absolute Gasteiger partial charge is 0.115 e. The zero-order chi connectivity index (χ0) is 7.40. The molecule has 0 spiro atoms. The molecule has 0 bridgehead atoms. The van der Waals surface area contributed by atoms with E-state index in [0.29, 0.717) is 0 Å². The van der Waals surface area contributed by atoms with Crippen molar-refractivity contribution in [3.05, 3.63) is 29.9 Å². The van der Waals surface area contributed by atoms with E-state index in [1.54, 1.807) is 12.4 Å². The number of allylic oxidation sites excluding steroid dienone is 1. The van der Waals surface area contributed by atoms with Crippen molar-refractivity contribution in [1.29, 1.82) is 0 Å². The molecule has 1 aromatic rings. The first kappa shape index (κ1) is 6.93. The maximum absolute atomic E-state index is 3.88. The van der Waals surface area contributed by atoms with Gasteiger partial charge in [-0.05, 0) is 13.8 Å². The van der Waals surface area contributed by atoms with E-state index in [1.165, 1.54) is 11.9 Å². The summed E-state index contributed by atoms with van der Waals surface area (Å²) in [6, 6.07) is 0. The van der Waals surface area contributed by atoms with Crippen LogP contribution >= 0.6 is 0 Å². The van der Waals surface area contributed by atoms with Crippen molar-refractivity contribution in [1.82, 2.24) is 9.97 Å². The van der Waals surface area contributed by atoms with E-state index >= 15 is 0 Å². The highest BCUT2D eigenvalue weighted by Gasteiger charge is 1.84. The molecule has 0 fully saturated rings. The quantitative estimate of drug-likeness (QED) is 0.586. The first-order chi connectivity index (χ1) is 4.79. The summed E-state index contributed by atoms with van der Waals surface area (Å²) in [7, 11) is 0. The third kappa shape index (κ3) is 1.97. The van der Waals surface area contributed by atoms with Crippen LogP contribution < -0.4 is 0 Å². The molecule has 2 nitrogen and oxygen atoms in total. The van der Waals surface area contributed by atoms with Gasteiger partial charge in [-0.25, -0.2) is 9.97 Å². The SMILES string of the molecule is CC(C)=Cc1cncnc1. The van der Waals surface area contributed by atoms with Crippen LogP contribution in [0, 0.1) is 0 Å². The fourth-order valence-corrected chi connectivity index (χ4v) is 0.718. The Hall–Kier alpha value is -1.18. The molecule has 0 atom stereocenters. The largest absolute Gasteiger partial charge is 0.244 e. The van der Waals surface area contributed by atoms with E-state index in [2.05, 4.69) is 9.97 Å².